The van der Waals surface area contributed by atoms with E-state index in [1.54, 1.807) is 0 Å². The lowest BCUT2D eigenvalue weighted by atomic mass is 10.0. The van der Waals surface area contributed by atoms with E-state index in [-0.39, 0.29) is 0 Å². The van der Waals surface area contributed by atoms with Gasteiger partial charge in [0.15, 0.2) is 0 Å². The van der Waals surface area contributed by atoms with E-state index in [0.717, 1.165) is 24.2 Å². The zero-order valence-corrected chi connectivity index (χ0v) is 23.6. The number of aromatic nitrogens is 2. The third-order valence-corrected chi connectivity index (χ3v) is 7.13. The summed E-state index contributed by atoms with van der Waals surface area (Å²) in [4.78, 5) is 0. The number of hydrogen-bond acceptors (Lipinski definition) is 4. The van der Waals surface area contributed by atoms with Crippen LogP contribution in [0.15, 0.2) is 61.2 Å². The summed E-state index contributed by atoms with van der Waals surface area (Å²) in [7, 11) is 0. The van der Waals surface area contributed by atoms with Crippen LogP contribution in [0.3, 0.4) is 0 Å². The van der Waals surface area contributed by atoms with E-state index in [9.17, 15) is 0 Å². The summed E-state index contributed by atoms with van der Waals surface area (Å²) in [6, 6.07) is 11.8. The zero-order chi connectivity index (χ0) is 27.4. The van der Waals surface area contributed by atoms with Gasteiger partial charge in [0.05, 0.1) is 24.6 Å². The molecule has 0 bridgehead atoms. The molecule has 2 aromatic carbocycles. The van der Waals surface area contributed by atoms with E-state index in [4.69, 9.17) is 20.9 Å². The van der Waals surface area contributed by atoms with Crippen molar-refractivity contribution in [1.29, 1.82) is 0 Å². The van der Waals surface area contributed by atoms with Gasteiger partial charge in [-0.2, -0.15) is 0 Å². The van der Waals surface area contributed by atoms with Gasteiger partial charge in [0, 0.05) is 49.7 Å². The van der Waals surface area contributed by atoms with E-state index < -0.39 is 0 Å². The van der Waals surface area contributed by atoms with Gasteiger partial charge < -0.3 is 30.1 Å². The number of benzene rings is 2. The molecule has 4 rings (SSSR count). The van der Waals surface area contributed by atoms with Crippen molar-refractivity contribution in [3.05, 3.63) is 83.4 Å². The molecule has 4 N–H and O–H groups in total. The van der Waals surface area contributed by atoms with Crippen LogP contribution in [-0.2, 0) is 13.1 Å². The number of nitrogens with two attached hydrogens (primary N) is 2. The third-order valence-electron chi connectivity index (χ3n) is 7.13. The predicted molar refractivity (Wildman–Crippen MR) is 158 cm³/mol. The number of hydrogen-bond donors (Lipinski definition) is 2. The summed E-state index contributed by atoms with van der Waals surface area (Å²) < 4.78 is 16.8. The molecule has 0 amide bonds. The molecule has 0 saturated carbocycles. The van der Waals surface area contributed by atoms with Crippen LogP contribution < -0.4 is 20.9 Å². The molecule has 2 unspecified atom stereocenters. The van der Waals surface area contributed by atoms with Gasteiger partial charge in [-0.3, -0.25) is 0 Å². The molecule has 6 heteroatoms. The van der Waals surface area contributed by atoms with Gasteiger partial charge in [-0.1, -0.05) is 26.0 Å². The van der Waals surface area contributed by atoms with Crippen molar-refractivity contribution in [2.45, 2.75) is 54.6 Å². The van der Waals surface area contributed by atoms with Crippen LogP contribution in [0.5, 0.6) is 11.5 Å². The summed E-state index contributed by atoms with van der Waals surface area (Å²) in [5, 5.41) is 0. The average Bonchev–Trinajstić information content (AvgIpc) is 3.36. The summed E-state index contributed by atoms with van der Waals surface area (Å²) >= 11 is 0. The first-order valence-corrected chi connectivity index (χ1v) is 13.4. The molecule has 2 aromatic heterocycles. The summed E-state index contributed by atoms with van der Waals surface area (Å²) in [6.45, 7) is 15.9. The van der Waals surface area contributed by atoms with Crippen molar-refractivity contribution in [2.24, 2.45) is 11.8 Å². The third kappa shape index (κ3) is 6.74. The number of nitrogen functional groups attached to an aromatic ring is 2. The maximum absolute atomic E-state index is 6.26. The lowest BCUT2D eigenvalue weighted by Crippen LogP contribution is -2.15. The lowest BCUT2D eigenvalue weighted by Gasteiger charge is -2.17. The van der Waals surface area contributed by atoms with Crippen LogP contribution in [0.2, 0.25) is 0 Å². The molecule has 2 atom stereocenters. The highest BCUT2D eigenvalue weighted by atomic mass is 16.5. The first-order valence-electron chi connectivity index (χ1n) is 13.4. The molecule has 6 nitrogen and oxygen atoms in total. The van der Waals surface area contributed by atoms with Crippen LogP contribution in [0.25, 0.3) is 11.1 Å². The second-order valence-electron chi connectivity index (χ2n) is 11.0. The summed E-state index contributed by atoms with van der Waals surface area (Å²) in [5.41, 5.74) is 21.0. The molecule has 0 radical (unpaired) electrons. The monoisotopic (exact) mass is 514 g/mol. The van der Waals surface area contributed by atoms with Crippen LogP contribution in [0.1, 0.15) is 36.1 Å². The summed E-state index contributed by atoms with van der Waals surface area (Å²) in [5.74, 6) is 2.06. The standard InChI is InChI=1S/C32H42N4O2/c1-21(13-35-15-23(3)24(4)16-35)19-37-31-11-27(7-9-29(31)33)28-8-10-30(34)32(12-28)38-20-22(2)14-36-17-25(5)26(6)18-36/h7-12,15-18,21-22H,13-14,19-20,33-34H2,1-6H3. The first kappa shape index (κ1) is 27.2. The van der Waals surface area contributed by atoms with Gasteiger partial charge in [-0.15, -0.1) is 0 Å². The molecule has 4 aromatic rings. The Labute approximate surface area is 227 Å². The highest BCUT2D eigenvalue weighted by molar-refractivity contribution is 5.73. The fourth-order valence-corrected chi connectivity index (χ4v) is 4.65. The van der Waals surface area contributed by atoms with Crippen molar-refractivity contribution in [2.75, 3.05) is 24.7 Å². The SMILES string of the molecule is Cc1cn(CC(C)COc2cc(-c3ccc(N)c(OCC(C)Cn4cc(C)c(C)c4)c3)ccc2N)cc1C. The Morgan fingerprint density at radius 2 is 0.947 bits per heavy atom. The van der Waals surface area contributed by atoms with E-state index in [1.807, 2.05) is 36.4 Å². The van der Waals surface area contributed by atoms with Crippen molar-refractivity contribution < 1.29 is 9.47 Å². The van der Waals surface area contributed by atoms with Crippen LogP contribution in [0.4, 0.5) is 11.4 Å². The van der Waals surface area contributed by atoms with Gasteiger partial charge in [-0.25, -0.2) is 0 Å². The number of nitrogens with zero attached hydrogens (tertiary/aromatic N) is 2. The molecular weight excluding hydrogens is 472 g/mol. The number of ether oxygens (including phenoxy) is 2. The van der Waals surface area contributed by atoms with E-state index in [1.165, 1.54) is 22.3 Å². The second kappa shape index (κ2) is 11.7. The van der Waals surface area contributed by atoms with E-state index in [0.29, 0.717) is 47.9 Å². The van der Waals surface area contributed by atoms with Crippen LogP contribution in [0, 0.1) is 39.5 Å². The second-order valence-corrected chi connectivity index (χ2v) is 11.0. The van der Waals surface area contributed by atoms with Crippen LogP contribution in [-0.4, -0.2) is 22.3 Å². The number of aryl methyl sites for hydroxylation is 4. The minimum absolute atomic E-state index is 0.335. The minimum atomic E-state index is 0.335. The average molecular weight is 515 g/mol. The molecule has 0 aliphatic carbocycles. The van der Waals surface area contributed by atoms with Crippen molar-refractivity contribution in [3.63, 3.8) is 0 Å². The van der Waals surface area contributed by atoms with Gasteiger partial charge in [-0.05, 0) is 85.3 Å². The van der Waals surface area contributed by atoms with Crippen molar-refractivity contribution >= 4 is 11.4 Å². The Bertz CT molecular complexity index is 1240. The van der Waals surface area contributed by atoms with Gasteiger partial charge in [0.25, 0.3) is 0 Å². The van der Waals surface area contributed by atoms with Crippen molar-refractivity contribution in [3.8, 4) is 22.6 Å². The largest absolute Gasteiger partial charge is 0.491 e. The predicted octanol–water partition coefficient (Wildman–Crippen LogP) is 6.78. The van der Waals surface area contributed by atoms with E-state index >= 15 is 0 Å². The Morgan fingerprint density at radius 3 is 1.29 bits per heavy atom. The Kier molecular flexibility index (Phi) is 8.40. The highest BCUT2D eigenvalue weighted by Crippen LogP contribution is 2.33. The topological polar surface area (TPSA) is 80.4 Å². The highest BCUT2D eigenvalue weighted by Gasteiger charge is 2.12. The number of rotatable bonds is 11. The van der Waals surface area contributed by atoms with Gasteiger partial charge in [0.1, 0.15) is 11.5 Å². The molecular formula is C32H42N4O2. The van der Waals surface area contributed by atoms with Gasteiger partial charge in [0.2, 0.25) is 0 Å². The first-order chi connectivity index (χ1) is 18.1. The van der Waals surface area contributed by atoms with E-state index in [2.05, 4.69) is 75.5 Å². The van der Waals surface area contributed by atoms with Crippen molar-refractivity contribution in [1.82, 2.24) is 9.13 Å². The molecule has 38 heavy (non-hydrogen) atoms. The summed E-state index contributed by atoms with van der Waals surface area (Å²) in [6.07, 6.45) is 8.74. The molecule has 0 fully saturated rings. The lowest BCUT2D eigenvalue weighted by molar-refractivity contribution is 0.245. The molecule has 202 valence electrons. The zero-order valence-electron chi connectivity index (χ0n) is 23.6. The molecule has 2 heterocycles. The Morgan fingerprint density at radius 1 is 0.605 bits per heavy atom. The quantitative estimate of drug-likeness (QED) is 0.216. The Hall–Kier alpha value is -3.80. The van der Waals surface area contributed by atoms with Gasteiger partial charge >= 0.3 is 0 Å². The molecule has 0 aliphatic rings. The number of anilines is 2. The normalized spacial score (nSPS) is 12.9. The molecule has 0 aliphatic heterocycles. The fraction of sp³-hybridized carbons (Fsp3) is 0.375. The Balaban J connectivity index is 1.39. The molecule has 0 saturated heterocycles. The smallest absolute Gasteiger partial charge is 0.142 e. The molecule has 0 spiro atoms. The maximum Gasteiger partial charge on any atom is 0.142 e. The minimum Gasteiger partial charge on any atom is -0.491 e. The van der Waals surface area contributed by atoms with Crippen LogP contribution >= 0.6 is 0 Å². The fourth-order valence-electron chi connectivity index (χ4n) is 4.65. The maximum atomic E-state index is 6.26.